The summed E-state index contributed by atoms with van der Waals surface area (Å²) in [4.78, 5) is 12.1. The molecule has 40 heavy (non-hydrogen) atoms. The SMILES string of the molecule is CCCCNCCCOc1ccc(-c2ccc(C(=O)OCC)cc2)cc1-c1ccc2c(c1)C(C)(C)CCC2(C)C. The molecule has 0 spiro atoms. The Balaban J connectivity index is 1.67. The first-order chi connectivity index (χ1) is 19.2. The van der Waals surface area contributed by atoms with E-state index < -0.39 is 0 Å². The maximum Gasteiger partial charge on any atom is 0.338 e. The zero-order valence-electron chi connectivity index (χ0n) is 25.4. The molecule has 0 atom stereocenters. The van der Waals surface area contributed by atoms with Crippen molar-refractivity contribution in [2.24, 2.45) is 0 Å². The lowest BCUT2D eigenvalue weighted by Crippen LogP contribution is -2.33. The number of esters is 1. The Bertz CT molecular complexity index is 1290. The number of fused-ring (bicyclic) bond motifs is 1. The van der Waals surface area contributed by atoms with E-state index in [1.807, 2.05) is 31.2 Å². The first kappa shape index (κ1) is 29.9. The number of ether oxygens (including phenoxy) is 2. The molecule has 0 unspecified atom stereocenters. The zero-order valence-corrected chi connectivity index (χ0v) is 25.4. The van der Waals surface area contributed by atoms with E-state index in [0.29, 0.717) is 18.8 Å². The van der Waals surface area contributed by atoms with Crippen molar-refractivity contribution in [3.63, 3.8) is 0 Å². The van der Waals surface area contributed by atoms with Crippen LogP contribution in [0.1, 0.15) is 95.1 Å². The molecule has 3 aromatic rings. The van der Waals surface area contributed by atoms with E-state index in [2.05, 4.69) is 76.3 Å². The monoisotopic (exact) mass is 541 g/mol. The molecule has 0 aliphatic heterocycles. The molecule has 0 amide bonds. The van der Waals surface area contributed by atoms with Crippen molar-refractivity contribution in [3.05, 3.63) is 77.4 Å². The van der Waals surface area contributed by atoms with Gasteiger partial charge in [-0.05, 0) is 109 Å². The van der Waals surface area contributed by atoms with Gasteiger partial charge in [0, 0.05) is 5.56 Å². The third-order valence-electron chi connectivity index (χ3n) is 8.34. The van der Waals surface area contributed by atoms with Crippen molar-refractivity contribution in [2.45, 2.75) is 84.5 Å². The average molecular weight is 542 g/mol. The fraction of sp³-hybridized carbons (Fsp3) is 0.472. The van der Waals surface area contributed by atoms with Crippen molar-refractivity contribution in [1.29, 1.82) is 0 Å². The normalized spacial score (nSPS) is 15.3. The summed E-state index contributed by atoms with van der Waals surface area (Å²) in [6, 6.07) is 21.1. The third kappa shape index (κ3) is 6.96. The number of unbranched alkanes of at least 4 members (excludes halogenated alkanes) is 1. The highest BCUT2D eigenvalue weighted by molar-refractivity contribution is 5.90. The van der Waals surface area contributed by atoms with Crippen molar-refractivity contribution in [3.8, 4) is 28.0 Å². The van der Waals surface area contributed by atoms with Gasteiger partial charge in [0.2, 0.25) is 0 Å². The Labute approximate surface area is 241 Å². The van der Waals surface area contributed by atoms with E-state index in [0.717, 1.165) is 42.0 Å². The van der Waals surface area contributed by atoms with E-state index >= 15 is 0 Å². The third-order valence-corrected chi connectivity index (χ3v) is 8.34. The quantitative estimate of drug-likeness (QED) is 0.184. The molecule has 1 N–H and O–H groups in total. The minimum absolute atomic E-state index is 0.132. The smallest absolute Gasteiger partial charge is 0.338 e. The molecular weight excluding hydrogens is 494 g/mol. The summed E-state index contributed by atoms with van der Waals surface area (Å²) < 4.78 is 11.6. The van der Waals surface area contributed by atoms with Gasteiger partial charge in [0.25, 0.3) is 0 Å². The molecule has 0 bridgehead atoms. The van der Waals surface area contributed by atoms with Crippen LogP contribution in [0.2, 0.25) is 0 Å². The standard InChI is InChI=1S/C36H47NO3/c1-7-9-21-37-22-10-23-40-33-18-16-28(26-11-13-27(14-12-26)34(38)39-8-2)24-30(33)29-15-17-31-32(25-29)36(5,6)20-19-35(31,3)4/h11-18,24-25,37H,7-10,19-23H2,1-6H3. The van der Waals surface area contributed by atoms with E-state index in [1.165, 1.54) is 42.4 Å². The van der Waals surface area contributed by atoms with Gasteiger partial charge in [-0.25, -0.2) is 4.79 Å². The molecule has 0 heterocycles. The van der Waals surface area contributed by atoms with Gasteiger partial charge in [0.05, 0.1) is 18.8 Å². The van der Waals surface area contributed by atoms with E-state index in [1.54, 1.807) is 0 Å². The number of benzene rings is 3. The second kappa shape index (κ2) is 13.0. The molecule has 3 aromatic carbocycles. The molecule has 0 saturated carbocycles. The van der Waals surface area contributed by atoms with Gasteiger partial charge >= 0.3 is 5.97 Å². The number of rotatable bonds is 12. The minimum atomic E-state index is -0.290. The van der Waals surface area contributed by atoms with Crippen molar-refractivity contribution in [2.75, 3.05) is 26.3 Å². The van der Waals surface area contributed by atoms with Crippen LogP contribution in [-0.2, 0) is 15.6 Å². The van der Waals surface area contributed by atoms with Crippen LogP contribution in [0.5, 0.6) is 5.75 Å². The minimum Gasteiger partial charge on any atom is -0.493 e. The molecule has 1 aliphatic carbocycles. The van der Waals surface area contributed by atoms with Gasteiger partial charge in [-0.2, -0.15) is 0 Å². The molecule has 0 fully saturated rings. The number of hydrogen-bond acceptors (Lipinski definition) is 4. The van der Waals surface area contributed by atoms with Crippen LogP contribution in [0.15, 0.2) is 60.7 Å². The molecule has 4 nitrogen and oxygen atoms in total. The maximum absolute atomic E-state index is 12.1. The predicted octanol–water partition coefficient (Wildman–Crippen LogP) is 8.70. The Morgan fingerprint density at radius 2 is 1.43 bits per heavy atom. The summed E-state index contributed by atoms with van der Waals surface area (Å²) in [5.41, 5.74) is 8.21. The Kier molecular flexibility index (Phi) is 9.73. The van der Waals surface area contributed by atoms with Crippen molar-refractivity contribution < 1.29 is 14.3 Å². The van der Waals surface area contributed by atoms with Crippen LogP contribution in [-0.4, -0.2) is 32.3 Å². The number of carbonyl (C=O) groups is 1. The maximum atomic E-state index is 12.1. The van der Waals surface area contributed by atoms with Gasteiger partial charge < -0.3 is 14.8 Å². The van der Waals surface area contributed by atoms with E-state index in [4.69, 9.17) is 9.47 Å². The lowest BCUT2D eigenvalue weighted by Gasteiger charge is -2.42. The van der Waals surface area contributed by atoms with Crippen LogP contribution in [0.3, 0.4) is 0 Å². The van der Waals surface area contributed by atoms with Gasteiger partial charge in [-0.1, -0.05) is 77.4 Å². The highest BCUT2D eigenvalue weighted by Crippen LogP contribution is 2.47. The fourth-order valence-electron chi connectivity index (χ4n) is 5.64. The molecule has 0 radical (unpaired) electrons. The average Bonchev–Trinajstić information content (AvgIpc) is 2.95. The second-order valence-electron chi connectivity index (χ2n) is 12.3. The van der Waals surface area contributed by atoms with Gasteiger partial charge in [-0.15, -0.1) is 0 Å². The Morgan fingerprint density at radius 3 is 2.12 bits per heavy atom. The first-order valence-corrected chi connectivity index (χ1v) is 15.1. The van der Waals surface area contributed by atoms with Crippen LogP contribution in [0.4, 0.5) is 0 Å². The van der Waals surface area contributed by atoms with E-state index in [-0.39, 0.29) is 16.8 Å². The largest absolute Gasteiger partial charge is 0.493 e. The summed E-state index contributed by atoms with van der Waals surface area (Å²) in [5, 5.41) is 3.51. The summed E-state index contributed by atoms with van der Waals surface area (Å²) >= 11 is 0. The predicted molar refractivity (Wildman–Crippen MR) is 166 cm³/mol. The lowest BCUT2D eigenvalue weighted by atomic mass is 9.63. The van der Waals surface area contributed by atoms with Gasteiger partial charge in [-0.3, -0.25) is 0 Å². The van der Waals surface area contributed by atoms with Crippen LogP contribution in [0, 0.1) is 0 Å². The number of hydrogen-bond donors (Lipinski definition) is 1. The molecule has 1 aliphatic rings. The Hall–Kier alpha value is -3.11. The summed E-state index contributed by atoms with van der Waals surface area (Å²) in [5.74, 6) is 0.621. The fourth-order valence-corrected chi connectivity index (χ4v) is 5.64. The molecule has 0 saturated heterocycles. The first-order valence-electron chi connectivity index (χ1n) is 15.1. The molecule has 4 heteroatoms. The topological polar surface area (TPSA) is 47.6 Å². The van der Waals surface area contributed by atoms with Gasteiger partial charge in [0.15, 0.2) is 0 Å². The lowest BCUT2D eigenvalue weighted by molar-refractivity contribution is 0.0526. The van der Waals surface area contributed by atoms with Crippen LogP contribution < -0.4 is 10.1 Å². The van der Waals surface area contributed by atoms with Crippen molar-refractivity contribution in [1.82, 2.24) is 5.32 Å². The Morgan fingerprint density at radius 1 is 0.775 bits per heavy atom. The van der Waals surface area contributed by atoms with Crippen molar-refractivity contribution >= 4 is 5.97 Å². The molecule has 4 rings (SSSR count). The molecular formula is C36H47NO3. The zero-order chi connectivity index (χ0) is 28.8. The van der Waals surface area contributed by atoms with Gasteiger partial charge in [0.1, 0.15) is 5.75 Å². The summed E-state index contributed by atoms with van der Waals surface area (Å²) in [6.45, 7) is 16.6. The highest BCUT2D eigenvalue weighted by Gasteiger charge is 2.37. The number of carbonyl (C=O) groups excluding carboxylic acids is 1. The summed E-state index contributed by atoms with van der Waals surface area (Å²) in [6.07, 6.45) is 5.76. The van der Waals surface area contributed by atoms with Crippen LogP contribution >= 0.6 is 0 Å². The second-order valence-corrected chi connectivity index (χ2v) is 12.3. The van der Waals surface area contributed by atoms with Crippen LogP contribution in [0.25, 0.3) is 22.3 Å². The molecule has 214 valence electrons. The highest BCUT2D eigenvalue weighted by atomic mass is 16.5. The van der Waals surface area contributed by atoms with E-state index in [9.17, 15) is 4.79 Å². The molecule has 0 aromatic heterocycles. The number of nitrogens with one attached hydrogen (secondary N) is 1. The summed E-state index contributed by atoms with van der Waals surface area (Å²) in [7, 11) is 0.